The molecule has 18 heavy (non-hydrogen) atoms. The zero-order valence-electron chi connectivity index (χ0n) is 10.4. The Morgan fingerprint density at radius 2 is 1.83 bits per heavy atom. The fourth-order valence-electron chi connectivity index (χ4n) is 1.38. The van der Waals surface area contributed by atoms with E-state index in [1.54, 1.807) is 12.1 Å². The predicted molar refractivity (Wildman–Crippen MR) is 71.0 cm³/mol. The monoisotopic (exact) mass is 274 g/mol. The molecule has 102 valence electrons. The lowest BCUT2D eigenvalue weighted by Gasteiger charge is -2.08. The molecule has 0 aliphatic heterocycles. The van der Waals surface area contributed by atoms with Gasteiger partial charge in [0.05, 0.1) is 11.6 Å². The molecular weight excluding hydrogens is 255 g/mol. The first-order valence-corrected chi connectivity index (χ1v) is 7.48. The molecule has 1 aromatic carbocycles. The lowest BCUT2D eigenvalue weighted by Crippen LogP contribution is -2.25. The molecule has 0 aromatic heterocycles. The van der Waals surface area contributed by atoms with Crippen LogP contribution >= 0.6 is 0 Å². The molecule has 0 aliphatic rings. The summed E-state index contributed by atoms with van der Waals surface area (Å²) in [6, 6.07) is 6.52. The minimum Gasteiger partial charge on any atom is -0.385 e. The van der Waals surface area contributed by atoms with E-state index in [0.29, 0.717) is 0 Å². The van der Waals surface area contributed by atoms with Crippen LogP contribution in [0.4, 0.5) is 10.1 Å². The molecule has 0 saturated heterocycles. The minimum absolute atomic E-state index is 0.120. The fourth-order valence-corrected chi connectivity index (χ4v) is 2.45. The topological polar surface area (TPSA) is 58.2 Å². The standard InChI is InChI=1S/C12H19FN2O2S/c1-2-9-14-11-4-6-12(7-5-11)18(16,17)15-10-3-8-13/h4-7,14-15H,2-3,8-10H2,1H3. The molecule has 0 saturated carbocycles. The Labute approximate surface area is 108 Å². The second-order valence-electron chi connectivity index (χ2n) is 3.89. The van der Waals surface area contributed by atoms with Crippen molar-refractivity contribution in [3.8, 4) is 0 Å². The molecule has 0 heterocycles. The van der Waals surface area contributed by atoms with Crippen LogP contribution in [0.15, 0.2) is 29.2 Å². The second kappa shape index (κ2) is 7.33. The van der Waals surface area contributed by atoms with E-state index in [-0.39, 0.29) is 17.9 Å². The number of sulfonamides is 1. The van der Waals surface area contributed by atoms with Gasteiger partial charge < -0.3 is 5.32 Å². The minimum atomic E-state index is -3.51. The Balaban J connectivity index is 2.65. The molecule has 4 nitrogen and oxygen atoms in total. The van der Waals surface area contributed by atoms with Gasteiger partial charge in [0.15, 0.2) is 0 Å². The van der Waals surface area contributed by atoms with Crippen LogP contribution in [0.25, 0.3) is 0 Å². The van der Waals surface area contributed by atoms with Crippen LogP contribution in [-0.2, 0) is 10.0 Å². The molecule has 0 radical (unpaired) electrons. The van der Waals surface area contributed by atoms with Crippen LogP contribution in [0, 0.1) is 0 Å². The molecule has 0 amide bonds. The summed E-state index contributed by atoms with van der Waals surface area (Å²) in [6.07, 6.45) is 1.19. The van der Waals surface area contributed by atoms with Crippen LogP contribution in [0.2, 0.25) is 0 Å². The molecular formula is C12H19FN2O2S. The number of benzene rings is 1. The van der Waals surface area contributed by atoms with Crippen molar-refractivity contribution in [2.45, 2.75) is 24.7 Å². The van der Waals surface area contributed by atoms with E-state index in [1.165, 1.54) is 12.1 Å². The SMILES string of the molecule is CCCNc1ccc(S(=O)(=O)NCCCF)cc1. The first-order chi connectivity index (χ1) is 8.60. The summed E-state index contributed by atoms with van der Waals surface area (Å²) < 4.78 is 37.8. The Morgan fingerprint density at radius 3 is 2.39 bits per heavy atom. The number of halogens is 1. The van der Waals surface area contributed by atoms with Crippen molar-refractivity contribution in [2.75, 3.05) is 25.1 Å². The van der Waals surface area contributed by atoms with Gasteiger partial charge in [-0.25, -0.2) is 13.1 Å². The number of alkyl halides is 1. The van der Waals surface area contributed by atoms with Crippen molar-refractivity contribution in [1.82, 2.24) is 4.72 Å². The maximum absolute atomic E-state index is 11.9. The number of anilines is 1. The molecule has 0 bridgehead atoms. The highest BCUT2D eigenvalue weighted by Crippen LogP contribution is 2.13. The van der Waals surface area contributed by atoms with Gasteiger partial charge in [-0.2, -0.15) is 0 Å². The van der Waals surface area contributed by atoms with E-state index in [0.717, 1.165) is 18.7 Å². The highest BCUT2D eigenvalue weighted by atomic mass is 32.2. The van der Waals surface area contributed by atoms with E-state index >= 15 is 0 Å². The van der Waals surface area contributed by atoms with Gasteiger partial charge in [0, 0.05) is 18.8 Å². The zero-order valence-corrected chi connectivity index (χ0v) is 11.3. The molecule has 1 rings (SSSR count). The summed E-state index contributed by atoms with van der Waals surface area (Å²) in [5.41, 5.74) is 0.888. The first kappa shape index (κ1) is 14.9. The van der Waals surface area contributed by atoms with Gasteiger partial charge in [0.2, 0.25) is 10.0 Å². The average molecular weight is 274 g/mol. The van der Waals surface area contributed by atoms with Crippen LogP contribution in [0.1, 0.15) is 19.8 Å². The number of nitrogens with one attached hydrogen (secondary N) is 2. The van der Waals surface area contributed by atoms with Gasteiger partial charge in [0.1, 0.15) is 0 Å². The summed E-state index contributed by atoms with van der Waals surface area (Å²) in [7, 11) is -3.51. The van der Waals surface area contributed by atoms with Crippen molar-refractivity contribution in [1.29, 1.82) is 0 Å². The average Bonchev–Trinajstić information content (AvgIpc) is 2.37. The van der Waals surface area contributed by atoms with E-state index in [2.05, 4.69) is 17.0 Å². The lowest BCUT2D eigenvalue weighted by molar-refractivity contribution is 0.470. The van der Waals surface area contributed by atoms with E-state index in [4.69, 9.17) is 0 Å². The van der Waals surface area contributed by atoms with E-state index in [9.17, 15) is 12.8 Å². The first-order valence-electron chi connectivity index (χ1n) is 5.99. The molecule has 0 aliphatic carbocycles. The van der Waals surface area contributed by atoms with Crippen LogP contribution in [0.3, 0.4) is 0 Å². The summed E-state index contributed by atoms with van der Waals surface area (Å²) >= 11 is 0. The van der Waals surface area contributed by atoms with Crippen molar-refractivity contribution in [3.63, 3.8) is 0 Å². The van der Waals surface area contributed by atoms with Crippen molar-refractivity contribution in [2.24, 2.45) is 0 Å². The smallest absolute Gasteiger partial charge is 0.240 e. The number of rotatable bonds is 8. The van der Waals surface area contributed by atoms with Gasteiger partial charge in [-0.05, 0) is 37.1 Å². The fraction of sp³-hybridized carbons (Fsp3) is 0.500. The van der Waals surface area contributed by atoms with Gasteiger partial charge in [-0.15, -0.1) is 0 Å². The van der Waals surface area contributed by atoms with Crippen LogP contribution in [0.5, 0.6) is 0 Å². The third-order valence-electron chi connectivity index (χ3n) is 2.35. The van der Waals surface area contributed by atoms with Gasteiger partial charge in [-0.3, -0.25) is 4.39 Å². The van der Waals surface area contributed by atoms with Gasteiger partial charge in [-0.1, -0.05) is 6.92 Å². The molecule has 0 atom stereocenters. The molecule has 0 unspecified atom stereocenters. The summed E-state index contributed by atoms with van der Waals surface area (Å²) in [6.45, 7) is 2.50. The van der Waals surface area contributed by atoms with Crippen molar-refractivity contribution < 1.29 is 12.8 Å². The Bertz CT molecular complexity index is 446. The Kier molecular flexibility index (Phi) is 6.07. The van der Waals surface area contributed by atoms with Gasteiger partial charge >= 0.3 is 0 Å². The molecule has 6 heteroatoms. The predicted octanol–water partition coefficient (Wildman–Crippen LogP) is 2.15. The molecule has 1 aromatic rings. The highest BCUT2D eigenvalue weighted by Gasteiger charge is 2.12. The number of hydrogen-bond acceptors (Lipinski definition) is 3. The maximum atomic E-state index is 11.9. The van der Waals surface area contributed by atoms with E-state index < -0.39 is 16.7 Å². The van der Waals surface area contributed by atoms with Gasteiger partial charge in [0.25, 0.3) is 0 Å². The molecule has 0 spiro atoms. The zero-order chi connectivity index (χ0) is 13.4. The Hall–Kier alpha value is -1.14. The number of hydrogen-bond donors (Lipinski definition) is 2. The van der Waals surface area contributed by atoms with Crippen LogP contribution < -0.4 is 10.0 Å². The maximum Gasteiger partial charge on any atom is 0.240 e. The lowest BCUT2D eigenvalue weighted by atomic mass is 10.3. The summed E-state index contributed by atoms with van der Waals surface area (Å²) in [4.78, 5) is 0.198. The van der Waals surface area contributed by atoms with E-state index in [1.807, 2.05) is 0 Å². The second-order valence-corrected chi connectivity index (χ2v) is 5.66. The largest absolute Gasteiger partial charge is 0.385 e. The van der Waals surface area contributed by atoms with Crippen molar-refractivity contribution >= 4 is 15.7 Å². The van der Waals surface area contributed by atoms with Crippen LogP contribution in [-0.4, -0.2) is 28.2 Å². The van der Waals surface area contributed by atoms with Crippen molar-refractivity contribution in [3.05, 3.63) is 24.3 Å². The summed E-state index contributed by atoms with van der Waals surface area (Å²) in [5.74, 6) is 0. The molecule has 0 fully saturated rings. The third-order valence-corrected chi connectivity index (χ3v) is 3.82. The quantitative estimate of drug-likeness (QED) is 0.714. The molecule has 2 N–H and O–H groups in total. The summed E-state index contributed by atoms with van der Waals surface area (Å²) in [5, 5.41) is 3.16. The third kappa shape index (κ3) is 4.62. The Morgan fingerprint density at radius 1 is 1.17 bits per heavy atom. The normalized spacial score (nSPS) is 11.4. The highest BCUT2D eigenvalue weighted by molar-refractivity contribution is 7.89.